The average molecular weight is 407 g/mol. The number of likely N-dealkylation sites (tertiary alicyclic amines) is 1. The number of carbonyl (C=O) groups is 2. The van der Waals surface area contributed by atoms with Gasteiger partial charge in [0.25, 0.3) is 5.91 Å². The Kier molecular flexibility index (Phi) is 7.30. The average Bonchev–Trinajstić information content (AvgIpc) is 2.73. The molecule has 1 unspecified atom stereocenters. The normalized spacial score (nSPS) is 15.8. The van der Waals surface area contributed by atoms with Crippen molar-refractivity contribution in [3.63, 3.8) is 0 Å². The van der Waals surface area contributed by atoms with Crippen LogP contribution in [0.25, 0.3) is 0 Å². The summed E-state index contributed by atoms with van der Waals surface area (Å²) in [5, 5.41) is 2.98. The lowest BCUT2D eigenvalue weighted by Gasteiger charge is -2.30. The van der Waals surface area contributed by atoms with Crippen LogP contribution in [0.4, 0.5) is 5.69 Å². The molecule has 1 aliphatic heterocycles. The molecule has 1 N–H and O–H groups in total. The van der Waals surface area contributed by atoms with E-state index in [1.54, 1.807) is 6.07 Å². The monoisotopic (exact) mass is 406 g/mol. The van der Waals surface area contributed by atoms with Gasteiger partial charge >= 0.3 is 0 Å². The smallest absolute Gasteiger partial charge is 0.253 e. The Hall–Kier alpha value is -2.62. The zero-order valence-corrected chi connectivity index (χ0v) is 18.7. The summed E-state index contributed by atoms with van der Waals surface area (Å²) in [4.78, 5) is 27.5. The molecule has 0 radical (unpaired) electrons. The van der Waals surface area contributed by atoms with Crippen LogP contribution in [0.15, 0.2) is 48.5 Å². The Labute approximate surface area is 180 Å². The highest BCUT2D eigenvalue weighted by atomic mass is 16.2. The van der Waals surface area contributed by atoms with Crippen LogP contribution < -0.4 is 5.32 Å². The molecule has 1 aliphatic rings. The summed E-state index contributed by atoms with van der Waals surface area (Å²) < 4.78 is 0. The van der Waals surface area contributed by atoms with Crippen molar-refractivity contribution in [3.8, 4) is 0 Å². The van der Waals surface area contributed by atoms with E-state index in [9.17, 15) is 9.59 Å². The van der Waals surface area contributed by atoms with E-state index in [2.05, 4.69) is 38.2 Å². The van der Waals surface area contributed by atoms with Crippen LogP contribution in [-0.4, -0.2) is 29.8 Å². The quantitative estimate of drug-likeness (QED) is 0.689. The third-order valence-corrected chi connectivity index (χ3v) is 5.96. The molecule has 0 spiro atoms. The summed E-state index contributed by atoms with van der Waals surface area (Å²) in [5.41, 5.74) is 3.59. The second-order valence-corrected chi connectivity index (χ2v) is 9.11. The van der Waals surface area contributed by atoms with E-state index in [4.69, 9.17) is 0 Å². The van der Waals surface area contributed by atoms with Crippen molar-refractivity contribution in [1.82, 2.24) is 4.90 Å². The summed E-state index contributed by atoms with van der Waals surface area (Å²) in [6.07, 6.45) is 3.14. The SMILES string of the molecule is CC(C)Cc1ccc(C(C)C(=O)Nc2cccc(C(=O)N3CCC(C)CC3)c2)cc1. The number of carbonyl (C=O) groups excluding carboxylic acids is 2. The Bertz CT molecular complexity index is 865. The number of benzene rings is 2. The number of rotatable bonds is 6. The predicted molar refractivity (Wildman–Crippen MR) is 123 cm³/mol. The zero-order valence-electron chi connectivity index (χ0n) is 18.7. The Morgan fingerprint density at radius 2 is 1.70 bits per heavy atom. The van der Waals surface area contributed by atoms with Gasteiger partial charge in [0.05, 0.1) is 5.92 Å². The second-order valence-electron chi connectivity index (χ2n) is 9.11. The van der Waals surface area contributed by atoms with Gasteiger partial charge in [-0.05, 0) is 67.3 Å². The first-order chi connectivity index (χ1) is 14.3. The molecule has 160 valence electrons. The van der Waals surface area contributed by atoms with Crippen molar-refractivity contribution in [3.05, 3.63) is 65.2 Å². The molecule has 1 fully saturated rings. The molecular weight excluding hydrogens is 372 g/mol. The first-order valence-electron chi connectivity index (χ1n) is 11.1. The minimum Gasteiger partial charge on any atom is -0.339 e. The summed E-state index contributed by atoms with van der Waals surface area (Å²) >= 11 is 0. The van der Waals surface area contributed by atoms with Crippen LogP contribution >= 0.6 is 0 Å². The van der Waals surface area contributed by atoms with Crippen LogP contribution in [0.2, 0.25) is 0 Å². The largest absolute Gasteiger partial charge is 0.339 e. The molecule has 0 aromatic heterocycles. The molecule has 30 heavy (non-hydrogen) atoms. The third kappa shape index (κ3) is 5.71. The first kappa shape index (κ1) is 22.1. The van der Waals surface area contributed by atoms with E-state index in [1.807, 2.05) is 42.2 Å². The van der Waals surface area contributed by atoms with Crippen molar-refractivity contribution in [1.29, 1.82) is 0 Å². The van der Waals surface area contributed by atoms with Gasteiger partial charge in [-0.2, -0.15) is 0 Å². The van der Waals surface area contributed by atoms with Crippen molar-refractivity contribution < 1.29 is 9.59 Å². The van der Waals surface area contributed by atoms with Crippen molar-refractivity contribution in [2.24, 2.45) is 11.8 Å². The van der Waals surface area contributed by atoms with Crippen LogP contribution in [0.3, 0.4) is 0 Å². The minimum atomic E-state index is -0.263. The van der Waals surface area contributed by atoms with Crippen LogP contribution in [0.5, 0.6) is 0 Å². The number of nitrogens with zero attached hydrogens (tertiary/aromatic N) is 1. The predicted octanol–water partition coefficient (Wildman–Crippen LogP) is 5.50. The van der Waals surface area contributed by atoms with E-state index in [1.165, 1.54) is 5.56 Å². The molecule has 2 aromatic carbocycles. The standard InChI is InChI=1S/C26H34N2O2/c1-18(2)16-21-8-10-22(11-9-21)20(4)25(29)27-24-7-5-6-23(17-24)26(30)28-14-12-19(3)13-15-28/h5-11,17-20H,12-16H2,1-4H3,(H,27,29). The molecule has 1 heterocycles. The highest BCUT2D eigenvalue weighted by Crippen LogP contribution is 2.22. The van der Waals surface area contributed by atoms with E-state index in [-0.39, 0.29) is 17.7 Å². The first-order valence-corrected chi connectivity index (χ1v) is 11.1. The number of amides is 2. The molecule has 0 saturated carbocycles. The highest BCUT2D eigenvalue weighted by molar-refractivity contribution is 5.99. The number of hydrogen-bond acceptors (Lipinski definition) is 2. The van der Waals surface area contributed by atoms with Gasteiger partial charge in [-0.3, -0.25) is 9.59 Å². The fourth-order valence-electron chi connectivity index (χ4n) is 3.94. The molecule has 4 nitrogen and oxygen atoms in total. The number of nitrogens with one attached hydrogen (secondary N) is 1. The maximum atomic E-state index is 12.8. The van der Waals surface area contributed by atoms with E-state index < -0.39 is 0 Å². The van der Waals surface area contributed by atoms with E-state index >= 15 is 0 Å². The van der Waals surface area contributed by atoms with Gasteiger partial charge in [0.15, 0.2) is 0 Å². The van der Waals surface area contributed by atoms with Crippen molar-refractivity contribution in [2.75, 3.05) is 18.4 Å². The molecule has 2 aromatic rings. The molecule has 0 aliphatic carbocycles. The topological polar surface area (TPSA) is 49.4 Å². The molecule has 3 rings (SSSR count). The van der Waals surface area contributed by atoms with Gasteiger partial charge in [0.2, 0.25) is 5.91 Å². The Balaban J connectivity index is 1.63. The fraction of sp³-hybridized carbons (Fsp3) is 0.462. The molecule has 2 amide bonds. The number of piperidine rings is 1. The number of hydrogen-bond donors (Lipinski definition) is 1. The van der Waals surface area contributed by atoms with Gasteiger partial charge in [-0.15, -0.1) is 0 Å². The van der Waals surface area contributed by atoms with Crippen molar-refractivity contribution >= 4 is 17.5 Å². The molecule has 0 bridgehead atoms. The molecule has 4 heteroatoms. The summed E-state index contributed by atoms with van der Waals surface area (Å²) in [6, 6.07) is 15.6. The number of anilines is 1. The van der Waals surface area contributed by atoms with Crippen LogP contribution in [-0.2, 0) is 11.2 Å². The second kappa shape index (κ2) is 9.92. The Morgan fingerprint density at radius 1 is 1.03 bits per heavy atom. The van der Waals surface area contributed by atoms with Gasteiger partial charge in [-0.1, -0.05) is 51.1 Å². The fourth-order valence-corrected chi connectivity index (χ4v) is 3.94. The lowest BCUT2D eigenvalue weighted by Crippen LogP contribution is -2.37. The highest BCUT2D eigenvalue weighted by Gasteiger charge is 2.22. The molecule has 1 saturated heterocycles. The van der Waals surface area contributed by atoms with Gasteiger partial charge in [-0.25, -0.2) is 0 Å². The summed E-state index contributed by atoms with van der Waals surface area (Å²) in [7, 11) is 0. The van der Waals surface area contributed by atoms with Gasteiger partial charge in [0.1, 0.15) is 0 Å². The van der Waals surface area contributed by atoms with E-state index in [0.717, 1.165) is 37.9 Å². The van der Waals surface area contributed by atoms with Crippen LogP contribution in [0.1, 0.15) is 67.9 Å². The summed E-state index contributed by atoms with van der Waals surface area (Å²) in [6.45, 7) is 10.2. The Morgan fingerprint density at radius 3 is 2.33 bits per heavy atom. The van der Waals surface area contributed by atoms with E-state index in [0.29, 0.717) is 23.1 Å². The maximum absolute atomic E-state index is 12.8. The minimum absolute atomic E-state index is 0.0480. The molecule has 1 atom stereocenters. The van der Waals surface area contributed by atoms with Crippen LogP contribution in [0, 0.1) is 11.8 Å². The molecular formula is C26H34N2O2. The van der Waals surface area contributed by atoms with Gasteiger partial charge in [0, 0.05) is 24.3 Å². The zero-order chi connectivity index (χ0) is 21.7. The lowest BCUT2D eigenvalue weighted by atomic mass is 9.96. The summed E-state index contributed by atoms with van der Waals surface area (Å²) in [5.74, 6) is 1.01. The third-order valence-electron chi connectivity index (χ3n) is 5.96. The van der Waals surface area contributed by atoms with Crippen molar-refractivity contribution in [2.45, 2.75) is 52.9 Å². The lowest BCUT2D eigenvalue weighted by molar-refractivity contribution is -0.117. The maximum Gasteiger partial charge on any atom is 0.253 e. The van der Waals surface area contributed by atoms with Gasteiger partial charge < -0.3 is 10.2 Å².